The van der Waals surface area contributed by atoms with E-state index in [0.717, 1.165) is 26.2 Å². The van der Waals surface area contributed by atoms with Gasteiger partial charge in [-0.25, -0.2) is 0 Å². The van der Waals surface area contributed by atoms with Crippen LogP contribution in [0.5, 0.6) is 0 Å². The van der Waals surface area contributed by atoms with Crippen LogP contribution in [0, 0.1) is 5.92 Å². The third-order valence-corrected chi connectivity index (χ3v) is 2.66. The molecule has 0 spiro atoms. The molecule has 1 fully saturated rings. The summed E-state index contributed by atoms with van der Waals surface area (Å²) in [5, 5.41) is 12.7. The smallest absolute Gasteiger partial charge is 0.0619 e. The number of ether oxygens (including phenoxy) is 1. The Bertz CT molecular complexity index is 144. The Morgan fingerprint density at radius 2 is 2.29 bits per heavy atom. The molecule has 3 unspecified atom stereocenters. The van der Waals surface area contributed by atoms with E-state index in [1.807, 2.05) is 6.92 Å². The summed E-state index contributed by atoms with van der Waals surface area (Å²) in [5.41, 5.74) is 0. The van der Waals surface area contributed by atoms with Gasteiger partial charge in [-0.2, -0.15) is 0 Å². The summed E-state index contributed by atoms with van der Waals surface area (Å²) < 4.78 is 5.38. The molecule has 3 nitrogen and oxygen atoms in total. The summed E-state index contributed by atoms with van der Waals surface area (Å²) in [6.07, 6.45) is 3.08. The monoisotopic (exact) mass is 201 g/mol. The van der Waals surface area contributed by atoms with Crippen molar-refractivity contribution < 1.29 is 9.84 Å². The van der Waals surface area contributed by atoms with Gasteiger partial charge in [0.2, 0.25) is 0 Å². The van der Waals surface area contributed by atoms with E-state index in [2.05, 4.69) is 12.2 Å². The first-order chi connectivity index (χ1) is 6.68. The number of nitrogens with one attached hydrogen (secondary N) is 1. The zero-order chi connectivity index (χ0) is 10.4. The van der Waals surface area contributed by atoms with Gasteiger partial charge in [-0.3, -0.25) is 0 Å². The Morgan fingerprint density at radius 3 is 2.86 bits per heavy atom. The Hall–Kier alpha value is -0.120. The van der Waals surface area contributed by atoms with Crippen LogP contribution in [0.1, 0.15) is 33.1 Å². The average Bonchev–Trinajstić information content (AvgIpc) is 2.15. The van der Waals surface area contributed by atoms with Crippen LogP contribution < -0.4 is 5.32 Å². The van der Waals surface area contributed by atoms with Crippen molar-refractivity contribution in [3.05, 3.63) is 0 Å². The van der Waals surface area contributed by atoms with E-state index in [1.54, 1.807) is 0 Å². The largest absolute Gasteiger partial charge is 0.393 e. The number of hydrogen-bond acceptors (Lipinski definition) is 3. The predicted octanol–water partition coefficient (Wildman–Crippen LogP) is 1.16. The fraction of sp³-hybridized carbons (Fsp3) is 1.00. The molecule has 1 saturated heterocycles. The molecule has 84 valence electrons. The summed E-state index contributed by atoms with van der Waals surface area (Å²) in [7, 11) is 0. The minimum Gasteiger partial charge on any atom is -0.393 e. The fourth-order valence-electron chi connectivity index (χ4n) is 1.94. The maximum atomic E-state index is 9.21. The lowest BCUT2D eigenvalue weighted by Crippen LogP contribution is -2.39. The minimum absolute atomic E-state index is 0.186. The summed E-state index contributed by atoms with van der Waals surface area (Å²) in [5.74, 6) is 0.539. The van der Waals surface area contributed by atoms with Gasteiger partial charge in [0.05, 0.1) is 12.7 Å². The zero-order valence-corrected chi connectivity index (χ0v) is 9.33. The van der Waals surface area contributed by atoms with Gasteiger partial charge >= 0.3 is 0 Å². The Kier molecular flexibility index (Phi) is 5.45. The lowest BCUT2D eigenvalue weighted by Gasteiger charge is -2.25. The van der Waals surface area contributed by atoms with Crippen LogP contribution in [0.3, 0.4) is 0 Å². The molecule has 0 aromatic heterocycles. The highest BCUT2D eigenvalue weighted by atomic mass is 16.5. The lowest BCUT2D eigenvalue weighted by atomic mass is 10.0. The summed E-state index contributed by atoms with van der Waals surface area (Å²) in [4.78, 5) is 0. The molecular formula is C11H23NO2. The molecule has 0 bridgehead atoms. The van der Waals surface area contributed by atoms with E-state index in [1.165, 1.54) is 12.8 Å². The second kappa shape index (κ2) is 6.38. The Balaban J connectivity index is 2.06. The standard InChI is InChI=1S/C11H23NO2/c1-9(6-10(2)13)7-12-11-4-3-5-14-8-11/h9-13H,3-8H2,1-2H3. The molecule has 0 amide bonds. The van der Waals surface area contributed by atoms with Crippen LogP contribution in [0.15, 0.2) is 0 Å². The van der Waals surface area contributed by atoms with Gasteiger partial charge in [-0.05, 0) is 38.6 Å². The molecule has 2 N–H and O–H groups in total. The van der Waals surface area contributed by atoms with Crippen molar-refractivity contribution in [2.75, 3.05) is 19.8 Å². The van der Waals surface area contributed by atoms with Crippen molar-refractivity contribution >= 4 is 0 Å². The Labute approximate surface area is 86.8 Å². The van der Waals surface area contributed by atoms with Crippen molar-refractivity contribution in [3.63, 3.8) is 0 Å². The topological polar surface area (TPSA) is 41.5 Å². The van der Waals surface area contributed by atoms with Crippen LogP contribution in [-0.2, 0) is 4.74 Å². The van der Waals surface area contributed by atoms with Gasteiger partial charge in [-0.1, -0.05) is 6.92 Å². The van der Waals surface area contributed by atoms with E-state index in [0.29, 0.717) is 12.0 Å². The molecule has 1 aliphatic rings. The second-order valence-corrected chi connectivity index (χ2v) is 4.51. The van der Waals surface area contributed by atoms with E-state index in [-0.39, 0.29) is 6.10 Å². The second-order valence-electron chi connectivity index (χ2n) is 4.51. The van der Waals surface area contributed by atoms with E-state index < -0.39 is 0 Å². The first-order valence-corrected chi connectivity index (χ1v) is 5.67. The first-order valence-electron chi connectivity index (χ1n) is 5.67. The average molecular weight is 201 g/mol. The van der Waals surface area contributed by atoms with Crippen LogP contribution in [-0.4, -0.2) is 37.0 Å². The van der Waals surface area contributed by atoms with Gasteiger partial charge < -0.3 is 15.2 Å². The first kappa shape index (κ1) is 12.0. The molecule has 0 aromatic rings. The molecule has 0 aromatic carbocycles. The van der Waals surface area contributed by atoms with Crippen molar-refractivity contribution in [1.82, 2.24) is 5.32 Å². The number of aliphatic hydroxyl groups is 1. The molecule has 1 rings (SSSR count). The Morgan fingerprint density at radius 1 is 1.50 bits per heavy atom. The van der Waals surface area contributed by atoms with Crippen molar-refractivity contribution in [1.29, 1.82) is 0 Å². The van der Waals surface area contributed by atoms with Crippen molar-refractivity contribution in [2.24, 2.45) is 5.92 Å². The molecule has 14 heavy (non-hydrogen) atoms. The van der Waals surface area contributed by atoms with Gasteiger partial charge in [-0.15, -0.1) is 0 Å². The predicted molar refractivity (Wildman–Crippen MR) is 57.3 cm³/mol. The molecule has 0 radical (unpaired) electrons. The highest BCUT2D eigenvalue weighted by Gasteiger charge is 2.14. The zero-order valence-electron chi connectivity index (χ0n) is 9.33. The number of hydrogen-bond donors (Lipinski definition) is 2. The normalized spacial score (nSPS) is 27.2. The van der Waals surface area contributed by atoms with E-state index in [4.69, 9.17) is 4.74 Å². The maximum absolute atomic E-state index is 9.21. The molecule has 1 heterocycles. The van der Waals surface area contributed by atoms with Crippen molar-refractivity contribution in [2.45, 2.75) is 45.3 Å². The molecule has 0 saturated carbocycles. The van der Waals surface area contributed by atoms with Gasteiger partial charge in [0.15, 0.2) is 0 Å². The van der Waals surface area contributed by atoms with Gasteiger partial charge in [0, 0.05) is 12.6 Å². The number of aliphatic hydroxyl groups excluding tert-OH is 1. The summed E-state index contributed by atoms with van der Waals surface area (Å²) in [6, 6.07) is 0.528. The lowest BCUT2D eigenvalue weighted by molar-refractivity contribution is 0.0681. The van der Waals surface area contributed by atoms with E-state index >= 15 is 0 Å². The molecule has 0 aliphatic carbocycles. The minimum atomic E-state index is -0.186. The van der Waals surface area contributed by atoms with Gasteiger partial charge in [0.25, 0.3) is 0 Å². The summed E-state index contributed by atoms with van der Waals surface area (Å²) in [6.45, 7) is 6.77. The van der Waals surface area contributed by atoms with Crippen LogP contribution in [0.2, 0.25) is 0 Å². The molecule has 1 aliphatic heterocycles. The van der Waals surface area contributed by atoms with E-state index in [9.17, 15) is 5.11 Å². The third-order valence-electron chi connectivity index (χ3n) is 2.66. The molecule has 3 heteroatoms. The molecular weight excluding hydrogens is 178 g/mol. The fourth-order valence-corrected chi connectivity index (χ4v) is 1.94. The maximum Gasteiger partial charge on any atom is 0.0619 e. The van der Waals surface area contributed by atoms with Gasteiger partial charge in [0.1, 0.15) is 0 Å². The van der Waals surface area contributed by atoms with Crippen LogP contribution in [0.25, 0.3) is 0 Å². The van der Waals surface area contributed by atoms with Crippen LogP contribution >= 0.6 is 0 Å². The highest BCUT2D eigenvalue weighted by molar-refractivity contribution is 4.71. The third kappa shape index (κ3) is 4.94. The SMILES string of the molecule is CC(O)CC(C)CNC1CCCOC1. The van der Waals surface area contributed by atoms with Crippen LogP contribution in [0.4, 0.5) is 0 Å². The molecule has 3 atom stereocenters. The number of rotatable bonds is 5. The quantitative estimate of drug-likeness (QED) is 0.701. The van der Waals surface area contributed by atoms with Crippen molar-refractivity contribution in [3.8, 4) is 0 Å². The summed E-state index contributed by atoms with van der Waals surface area (Å²) >= 11 is 0. The highest BCUT2D eigenvalue weighted by Crippen LogP contribution is 2.08.